The van der Waals surface area contributed by atoms with Gasteiger partial charge in [-0.05, 0) is 58.5 Å². The molecule has 176 valence electrons. The van der Waals surface area contributed by atoms with Gasteiger partial charge in [0.15, 0.2) is 0 Å². The van der Waals surface area contributed by atoms with Crippen LogP contribution in [0, 0.1) is 0 Å². The van der Waals surface area contributed by atoms with Crippen LogP contribution in [0.25, 0.3) is 33.1 Å². The minimum Gasteiger partial charge on any atom is -0.481 e. The van der Waals surface area contributed by atoms with Gasteiger partial charge in [0, 0.05) is 67.1 Å². The zero-order chi connectivity index (χ0) is 24.5. The quantitative estimate of drug-likeness (QED) is 0.331. The van der Waals surface area contributed by atoms with Crippen molar-refractivity contribution in [2.24, 2.45) is 7.05 Å². The summed E-state index contributed by atoms with van der Waals surface area (Å²) in [4.78, 5) is 18.1. The van der Waals surface area contributed by atoms with Gasteiger partial charge in [-0.3, -0.25) is 15.0 Å². The number of benzene rings is 2. The van der Waals surface area contributed by atoms with E-state index in [0.717, 1.165) is 39.0 Å². The Morgan fingerprint density at radius 2 is 1.75 bits per heavy atom. The lowest BCUT2D eigenvalue weighted by Gasteiger charge is -2.21. The fourth-order valence-corrected chi connectivity index (χ4v) is 4.56. The van der Waals surface area contributed by atoms with E-state index < -0.39 is 0 Å². The predicted octanol–water partition coefficient (Wildman–Crippen LogP) is 5.79. The van der Waals surface area contributed by atoms with Gasteiger partial charge in [-0.25, -0.2) is 4.98 Å². The van der Waals surface area contributed by atoms with E-state index >= 15 is 0 Å². The normalized spacial score (nSPS) is 12.1. The van der Waals surface area contributed by atoms with Crippen molar-refractivity contribution in [2.45, 2.75) is 6.04 Å². The second-order valence-corrected chi connectivity index (χ2v) is 8.65. The zero-order valence-corrected chi connectivity index (χ0v) is 20.0. The van der Waals surface area contributed by atoms with Crippen molar-refractivity contribution in [3.05, 3.63) is 109 Å². The Morgan fingerprint density at radius 1 is 0.861 bits per heavy atom. The van der Waals surface area contributed by atoms with Crippen LogP contribution < -0.4 is 10.1 Å². The van der Waals surface area contributed by atoms with Gasteiger partial charge in [0.1, 0.15) is 0 Å². The largest absolute Gasteiger partial charge is 0.481 e. The van der Waals surface area contributed by atoms with Crippen molar-refractivity contribution in [3.63, 3.8) is 0 Å². The van der Waals surface area contributed by atoms with Gasteiger partial charge in [0.25, 0.3) is 0 Å². The number of aromatic nitrogens is 5. The van der Waals surface area contributed by atoms with E-state index in [1.807, 2.05) is 36.7 Å². The molecule has 0 fully saturated rings. The topological polar surface area (TPSA) is 77.8 Å². The van der Waals surface area contributed by atoms with E-state index in [2.05, 4.69) is 79.5 Å². The Labute approximate surface area is 208 Å². The Morgan fingerprint density at radius 3 is 2.56 bits per heavy atom. The molecule has 0 radical (unpaired) electrons. The van der Waals surface area contributed by atoms with Gasteiger partial charge in [-0.1, -0.05) is 18.2 Å². The highest BCUT2D eigenvalue weighted by molar-refractivity contribution is 5.97. The summed E-state index contributed by atoms with van der Waals surface area (Å²) in [6.45, 7) is 0. The second kappa shape index (κ2) is 9.11. The Kier molecular flexibility index (Phi) is 5.50. The summed E-state index contributed by atoms with van der Waals surface area (Å²) in [7, 11) is 3.67. The van der Waals surface area contributed by atoms with E-state index in [4.69, 9.17) is 4.74 Å². The standard InChI is InChI=1S/C29H24N6O/c1-35-13-9-19-5-6-20(14-26(19)35)24-15-23(16-25-29(24)32-12-11-31-25)34-28(21-4-3-10-30-17-21)22-7-8-27(36-2)33-18-22/h3-18,28,34H,1-2H3/t28-/m0/s1. The average molecular weight is 473 g/mol. The number of nitrogens with zero attached hydrogens (tertiary/aromatic N) is 5. The van der Waals surface area contributed by atoms with Crippen LogP contribution in [-0.4, -0.2) is 31.6 Å². The number of hydrogen-bond donors (Lipinski definition) is 1. The SMILES string of the molecule is COc1ccc([C@@H](Nc2cc(-c3ccc4ccn(C)c4c3)c3nccnc3c2)c2cccnc2)cn1. The van der Waals surface area contributed by atoms with Crippen molar-refractivity contribution < 1.29 is 4.74 Å². The lowest BCUT2D eigenvalue weighted by molar-refractivity contribution is 0.397. The van der Waals surface area contributed by atoms with Gasteiger partial charge in [0.2, 0.25) is 5.88 Å². The lowest BCUT2D eigenvalue weighted by atomic mass is 9.99. The first-order chi connectivity index (χ1) is 17.7. The number of pyridine rings is 2. The van der Waals surface area contributed by atoms with E-state index in [9.17, 15) is 0 Å². The van der Waals surface area contributed by atoms with Gasteiger partial charge >= 0.3 is 0 Å². The molecule has 0 spiro atoms. The van der Waals surface area contributed by atoms with Gasteiger partial charge < -0.3 is 14.6 Å². The summed E-state index contributed by atoms with van der Waals surface area (Å²) >= 11 is 0. The van der Waals surface area contributed by atoms with Crippen LogP contribution in [0.1, 0.15) is 17.2 Å². The Hall–Kier alpha value is -4.78. The summed E-state index contributed by atoms with van der Waals surface area (Å²) in [6, 6.07) is 20.5. The van der Waals surface area contributed by atoms with Gasteiger partial charge in [0.05, 0.1) is 24.2 Å². The van der Waals surface area contributed by atoms with Crippen molar-refractivity contribution >= 4 is 27.6 Å². The number of methoxy groups -OCH3 is 1. The van der Waals surface area contributed by atoms with E-state index in [1.54, 1.807) is 25.7 Å². The fraction of sp³-hybridized carbons (Fsp3) is 0.103. The third-order valence-electron chi connectivity index (χ3n) is 6.40. The molecule has 0 unspecified atom stereocenters. The molecule has 0 aliphatic heterocycles. The molecule has 6 aromatic rings. The van der Waals surface area contributed by atoms with Crippen LogP contribution in [0.15, 0.2) is 97.8 Å². The summed E-state index contributed by atoms with van der Waals surface area (Å²) in [5.41, 5.74) is 7.90. The molecule has 1 N–H and O–H groups in total. The minimum absolute atomic E-state index is 0.172. The van der Waals surface area contributed by atoms with Crippen LogP contribution >= 0.6 is 0 Å². The minimum atomic E-state index is -0.172. The van der Waals surface area contributed by atoms with Crippen LogP contribution in [0.4, 0.5) is 5.69 Å². The molecule has 4 aromatic heterocycles. The smallest absolute Gasteiger partial charge is 0.212 e. The monoisotopic (exact) mass is 472 g/mol. The summed E-state index contributed by atoms with van der Waals surface area (Å²) in [5.74, 6) is 0.572. The van der Waals surface area contributed by atoms with Crippen LogP contribution in [-0.2, 0) is 7.05 Å². The molecule has 4 heterocycles. The first-order valence-corrected chi connectivity index (χ1v) is 11.7. The molecule has 0 amide bonds. The first kappa shape index (κ1) is 21.7. The molecule has 0 saturated carbocycles. The molecular formula is C29H24N6O. The number of aryl methyl sites for hydroxylation is 1. The number of fused-ring (bicyclic) bond motifs is 2. The predicted molar refractivity (Wildman–Crippen MR) is 142 cm³/mol. The average Bonchev–Trinajstić information content (AvgIpc) is 3.31. The zero-order valence-electron chi connectivity index (χ0n) is 20.0. The number of rotatable bonds is 6. The molecule has 7 nitrogen and oxygen atoms in total. The first-order valence-electron chi connectivity index (χ1n) is 11.7. The molecule has 2 aromatic carbocycles. The molecule has 0 aliphatic rings. The van der Waals surface area contributed by atoms with Crippen LogP contribution in [0.5, 0.6) is 5.88 Å². The summed E-state index contributed by atoms with van der Waals surface area (Å²) in [5, 5.41) is 4.90. The molecule has 0 bridgehead atoms. The number of hydrogen-bond acceptors (Lipinski definition) is 6. The molecule has 0 saturated heterocycles. The number of nitrogens with one attached hydrogen (secondary N) is 1. The summed E-state index contributed by atoms with van der Waals surface area (Å²) < 4.78 is 7.39. The molecule has 7 heteroatoms. The van der Waals surface area contributed by atoms with Crippen LogP contribution in [0.2, 0.25) is 0 Å². The number of anilines is 1. The highest BCUT2D eigenvalue weighted by atomic mass is 16.5. The summed E-state index contributed by atoms with van der Waals surface area (Å²) in [6.07, 6.45) is 11.0. The van der Waals surface area contributed by atoms with Crippen molar-refractivity contribution in [1.29, 1.82) is 0 Å². The molecule has 36 heavy (non-hydrogen) atoms. The van der Waals surface area contributed by atoms with Crippen molar-refractivity contribution in [3.8, 4) is 17.0 Å². The lowest BCUT2D eigenvalue weighted by Crippen LogP contribution is -2.13. The van der Waals surface area contributed by atoms with Gasteiger partial charge in [-0.15, -0.1) is 0 Å². The van der Waals surface area contributed by atoms with Crippen LogP contribution in [0.3, 0.4) is 0 Å². The maximum Gasteiger partial charge on any atom is 0.212 e. The highest BCUT2D eigenvalue weighted by Gasteiger charge is 2.17. The molecule has 1 atom stereocenters. The fourth-order valence-electron chi connectivity index (χ4n) is 4.56. The van der Waals surface area contributed by atoms with E-state index in [1.165, 1.54) is 10.9 Å². The van der Waals surface area contributed by atoms with Gasteiger partial charge in [-0.2, -0.15) is 0 Å². The van der Waals surface area contributed by atoms with Crippen molar-refractivity contribution in [1.82, 2.24) is 24.5 Å². The third-order valence-corrected chi connectivity index (χ3v) is 6.40. The Bertz CT molecular complexity index is 1660. The van der Waals surface area contributed by atoms with E-state index in [0.29, 0.717) is 5.88 Å². The number of ether oxygens (including phenoxy) is 1. The maximum absolute atomic E-state index is 5.26. The van der Waals surface area contributed by atoms with Crippen molar-refractivity contribution in [2.75, 3.05) is 12.4 Å². The highest BCUT2D eigenvalue weighted by Crippen LogP contribution is 2.34. The van der Waals surface area contributed by atoms with E-state index in [-0.39, 0.29) is 6.04 Å². The third kappa shape index (κ3) is 4.01. The Balaban J connectivity index is 1.48. The molecule has 6 rings (SSSR count). The molecule has 0 aliphatic carbocycles. The maximum atomic E-state index is 5.26. The molecular weight excluding hydrogens is 448 g/mol. The second-order valence-electron chi connectivity index (χ2n) is 8.65.